The minimum atomic E-state index is -0.291. The number of amides is 1. The average Bonchev–Trinajstić information content (AvgIpc) is 3.38. The maximum absolute atomic E-state index is 13.1. The topological polar surface area (TPSA) is 66.8 Å². The van der Waals surface area contributed by atoms with Crippen molar-refractivity contribution in [1.82, 2.24) is 24.6 Å². The predicted molar refractivity (Wildman–Crippen MR) is 104 cm³/mol. The third-order valence-electron chi connectivity index (χ3n) is 5.42. The standard InChI is InChI=1S/C21H24FN5O/c1-2-20-23-9-12-27(20)14-15-7-10-26(11-8-15)21(28)19-13-18(24-25-19)16-3-5-17(22)6-4-16/h3-6,9,12-13,15H,2,7-8,10-11,14H2,1H3,(H,24,25). The summed E-state index contributed by atoms with van der Waals surface area (Å²) in [5.74, 6) is 1.35. The molecule has 1 amide bonds. The van der Waals surface area contributed by atoms with Crippen molar-refractivity contribution in [1.29, 1.82) is 0 Å². The van der Waals surface area contributed by atoms with Crippen molar-refractivity contribution in [2.75, 3.05) is 13.1 Å². The maximum atomic E-state index is 13.1. The molecule has 0 unspecified atom stereocenters. The predicted octanol–water partition coefficient (Wildman–Crippen LogP) is 3.53. The van der Waals surface area contributed by atoms with Gasteiger partial charge >= 0.3 is 0 Å². The summed E-state index contributed by atoms with van der Waals surface area (Å²) in [4.78, 5) is 19.1. The minimum Gasteiger partial charge on any atom is -0.337 e. The Labute approximate surface area is 163 Å². The number of likely N-dealkylation sites (tertiary alicyclic amines) is 1. The first-order chi connectivity index (χ1) is 13.6. The van der Waals surface area contributed by atoms with Crippen LogP contribution in [0.5, 0.6) is 0 Å². The quantitative estimate of drug-likeness (QED) is 0.735. The number of benzene rings is 1. The van der Waals surface area contributed by atoms with Gasteiger partial charge in [0, 0.05) is 44.0 Å². The van der Waals surface area contributed by atoms with Crippen LogP contribution in [0.2, 0.25) is 0 Å². The molecule has 0 aliphatic carbocycles. The molecule has 1 aliphatic heterocycles. The van der Waals surface area contributed by atoms with E-state index in [-0.39, 0.29) is 11.7 Å². The number of nitrogens with one attached hydrogen (secondary N) is 1. The molecule has 6 nitrogen and oxygen atoms in total. The highest BCUT2D eigenvalue weighted by Crippen LogP contribution is 2.23. The van der Waals surface area contributed by atoms with Crippen LogP contribution in [0.3, 0.4) is 0 Å². The third-order valence-corrected chi connectivity index (χ3v) is 5.42. The van der Waals surface area contributed by atoms with Gasteiger partial charge in [0.25, 0.3) is 5.91 Å². The second-order valence-corrected chi connectivity index (χ2v) is 7.26. The molecule has 28 heavy (non-hydrogen) atoms. The van der Waals surface area contributed by atoms with Crippen molar-refractivity contribution >= 4 is 5.91 Å². The molecule has 0 radical (unpaired) electrons. The summed E-state index contributed by atoms with van der Waals surface area (Å²) < 4.78 is 15.3. The van der Waals surface area contributed by atoms with Gasteiger partial charge in [0.05, 0.1) is 5.69 Å². The molecule has 0 atom stereocenters. The number of piperidine rings is 1. The molecular weight excluding hydrogens is 357 g/mol. The summed E-state index contributed by atoms with van der Waals surface area (Å²) in [5.41, 5.74) is 1.90. The fourth-order valence-corrected chi connectivity index (χ4v) is 3.79. The Morgan fingerprint density at radius 2 is 2.00 bits per heavy atom. The largest absolute Gasteiger partial charge is 0.337 e. The molecule has 146 valence electrons. The molecule has 0 saturated carbocycles. The van der Waals surface area contributed by atoms with Gasteiger partial charge in [-0.3, -0.25) is 9.89 Å². The van der Waals surface area contributed by atoms with Gasteiger partial charge in [0.15, 0.2) is 0 Å². The molecule has 3 aromatic rings. The Morgan fingerprint density at radius 3 is 2.71 bits per heavy atom. The Bertz CT molecular complexity index is 938. The number of carbonyl (C=O) groups is 1. The zero-order valence-corrected chi connectivity index (χ0v) is 15.9. The van der Waals surface area contributed by atoms with Crippen LogP contribution in [-0.4, -0.2) is 43.6 Å². The van der Waals surface area contributed by atoms with Crippen LogP contribution in [0, 0.1) is 11.7 Å². The highest BCUT2D eigenvalue weighted by molar-refractivity contribution is 5.93. The summed E-state index contributed by atoms with van der Waals surface area (Å²) >= 11 is 0. The van der Waals surface area contributed by atoms with Gasteiger partial charge in [-0.1, -0.05) is 6.92 Å². The number of H-pyrrole nitrogens is 1. The van der Waals surface area contributed by atoms with Crippen molar-refractivity contribution in [3.63, 3.8) is 0 Å². The molecule has 2 aromatic heterocycles. The van der Waals surface area contributed by atoms with Crippen LogP contribution < -0.4 is 0 Å². The minimum absolute atomic E-state index is 0.0313. The van der Waals surface area contributed by atoms with E-state index in [1.54, 1.807) is 18.2 Å². The molecule has 0 bridgehead atoms. The number of halogens is 1. The molecule has 1 fully saturated rings. The van der Waals surface area contributed by atoms with E-state index in [4.69, 9.17) is 0 Å². The third kappa shape index (κ3) is 3.83. The molecule has 1 saturated heterocycles. The summed E-state index contributed by atoms with van der Waals surface area (Å²) in [6, 6.07) is 7.83. The van der Waals surface area contributed by atoms with E-state index in [9.17, 15) is 9.18 Å². The van der Waals surface area contributed by atoms with E-state index >= 15 is 0 Å². The lowest BCUT2D eigenvalue weighted by atomic mass is 9.96. The molecule has 3 heterocycles. The van der Waals surface area contributed by atoms with Gasteiger partial charge in [-0.25, -0.2) is 9.37 Å². The summed E-state index contributed by atoms with van der Waals surface area (Å²) in [6.07, 6.45) is 6.78. The average molecular weight is 381 g/mol. The van der Waals surface area contributed by atoms with Crippen LogP contribution in [0.1, 0.15) is 36.1 Å². The number of imidazole rings is 1. The first-order valence-electron chi connectivity index (χ1n) is 9.74. The Hall–Kier alpha value is -2.96. The number of carbonyl (C=O) groups excluding carboxylic acids is 1. The highest BCUT2D eigenvalue weighted by Gasteiger charge is 2.25. The van der Waals surface area contributed by atoms with Crippen LogP contribution in [-0.2, 0) is 13.0 Å². The first kappa shape index (κ1) is 18.4. The lowest BCUT2D eigenvalue weighted by Gasteiger charge is -2.32. The van der Waals surface area contributed by atoms with E-state index in [1.807, 2.05) is 17.3 Å². The van der Waals surface area contributed by atoms with E-state index in [2.05, 4.69) is 26.7 Å². The maximum Gasteiger partial charge on any atom is 0.271 e. The molecule has 1 aliphatic rings. The number of nitrogens with zero attached hydrogens (tertiary/aromatic N) is 4. The molecule has 1 N–H and O–H groups in total. The van der Waals surface area contributed by atoms with Crippen LogP contribution in [0.15, 0.2) is 42.7 Å². The summed E-state index contributed by atoms with van der Waals surface area (Å²) in [7, 11) is 0. The Kier molecular flexibility index (Phi) is 5.23. The van der Waals surface area contributed by atoms with Gasteiger partial charge in [0.2, 0.25) is 0 Å². The number of aromatic nitrogens is 4. The number of hydrogen-bond donors (Lipinski definition) is 1. The second kappa shape index (κ2) is 7.96. The normalized spacial score (nSPS) is 15.1. The zero-order chi connectivity index (χ0) is 19.5. The molecule has 0 spiro atoms. The van der Waals surface area contributed by atoms with Crippen molar-refractivity contribution < 1.29 is 9.18 Å². The Morgan fingerprint density at radius 1 is 1.25 bits per heavy atom. The van der Waals surface area contributed by atoms with Crippen molar-refractivity contribution in [2.45, 2.75) is 32.7 Å². The fourth-order valence-electron chi connectivity index (χ4n) is 3.79. The van der Waals surface area contributed by atoms with Crippen molar-refractivity contribution in [3.8, 4) is 11.3 Å². The van der Waals surface area contributed by atoms with E-state index < -0.39 is 0 Å². The molecular formula is C21H24FN5O. The molecule has 7 heteroatoms. The fraction of sp³-hybridized carbons (Fsp3) is 0.381. The van der Waals surface area contributed by atoms with E-state index in [1.165, 1.54) is 12.1 Å². The van der Waals surface area contributed by atoms with Gasteiger partial charge in [0.1, 0.15) is 17.3 Å². The Balaban J connectivity index is 1.36. The van der Waals surface area contributed by atoms with Gasteiger partial charge in [-0.05, 0) is 49.1 Å². The highest BCUT2D eigenvalue weighted by atomic mass is 19.1. The van der Waals surface area contributed by atoms with E-state index in [0.717, 1.165) is 50.3 Å². The van der Waals surface area contributed by atoms with Gasteiger partial charge in [-0.15, -0.1) is 0 Å². The van der Waals surface area contributed by atoms with E-state index in [0.29, 0.717) is 17.3 Å². The smallest absolute Gasteiger partial charge is 0.271 e. The van der Waals surface area contributed by atoms with Crippen LogP contribution in [0.4, 0.5) is 4.39 Å². The SMILES string of the molecule is CCc1nccn1CC1CCN(C(=O)c2cc(-c3ccc(F)cc3)n[nH]2)CC1. The van der Waals surface area contributed by atoms with Gasteiger partial charge < -0.3 is 9.47 Å². The number of hydrogen-bond acceptors (Lipinski definition) is 3. The second-order valence-electron chi connectivity index (χ2n) is 7.26. The van der Waals surface area contributed by atoms with Crippen LogP contribution >= 0.6 is 0 Å². The first-order valence-corrected chi connectivity index (χ1v) is 9.74. The molecule has 1 aromatic carbocycles. The van der Waals surface area contributed by atoms with Gasteiger partial charge in [-0.2, -0.15) is 5.10 Å². The number of aromatic amines is 1. The zero-order valence-electron chi connectivity index (χ0n) is 15.9. The monoisotopic (exact) mass is 381 g/mol. The number of rotatable bonds is 5. The lowest BCUT2D eigenvalue weighted by Crippen LogP contribution is -2.39. The van der Waals surface area contributed by atoms with Crippen molar-refractivity contribution in [2.24, 2.45) is 5.92 Å². The lowest BCUT2D eigenvalue weighted by molar-refractivity contribution is 0.0676. The molecule has 4 rings (SSSR count). The van der Waals surface area contributed by atoms with Crippen LogP contribution in [0.25, 0.3) is 11.3 Å². The number of aryl methyl sites for hydroxylation is 1. The summed E-state index contributed by atoms with van der Waals surface area (Å²) in [5, 5.41) is 7.04. The summed E-state index contributed by atoms with van der Waals surface area (Å²) in [6.45, 7) is 4.56. The van der Waals surface area contributed by atoms with Crippen molar-refractivity contribution in [3.05, 3.63) is 60.1 Å².